The number of rotatable bonds is 0. The van der Waals surface area contributed by atoms with E-state index in [4.69, 9.17) is 0 Å². The number of hydrogen-bond acceptors (Lipinski definition) is 1. The Labute approximate surface area is 111 Å². The summed E-state index contributed by atoms with van der Waals surface area (Å²) in [6.07, 6.45) is 3.80. The second kappa shape index (κ2) is 3.40. The number of benzene rings is 1. The molecule has 0 radical (unpaired) electrons. The van der Waals surface area contributed by atoms with Crippen LogP contribution >= 0.6 is 0 Å². The van der Waals surface area contributed by atoms with Gasteiger partial charge in [-0.05, 0) is 48.9 Å². The lowest BCUT2D eigenvalue weighted by atomic mass is 9.93. The lowest BCUT2D eigenvalue weighted by Gasteiger charge is -2.30. The number of nitrogens with zero attached hydrogens (tertiary/aromatic N) is 1. The SMILES string of the molecule is Fc1ccc2c3c([nH]c2c1)[C@@H]1C[C@H]2C[C@@H]1N(CC3)C2. The summed E-state index contributed by atoms with van der Waals surface area (Å²) in [4.78, 5) is 6.23. The number of nitrogens with one attached hydrogen (secondary N) is 1. The van der Waals surface area contributed by atoms with Crippen LogP contribution in [0.2, 0.25) is 0 Å². The number of hydrogen-bond donors (Lipinski definition) is 1. The Balaban J connectivity index is 1.74. The van der Waals surface area contributed by atoms with E-state index in [1.807, 2.05) is 6.07 Å². The van der Waals surface area contributed by atoms with E-state index in [-0.39, 0.29) is 5.82 Å². The molecule has 3 heteroatoms. The van der Waals surface area contributed by atoms with Gasteiger partial charge in [-0.3, -0.25) is 4.90 Å². The van der Waals surface area contributed by atoms with Crippen molar-refractivity contribution in [3.63, 3.8) is 0 Å². The normalized spacial score (nSPS) is 32.8. The molecule has 5 rings (SSSR count). The molecule has 1 N–H and O–H groups in total. The minimum Gasteiger partial charge on any atom is -0.358 e. The Kier molecular flexibility index (Phi) is 1.87. The molecule has 1 aliphatic carbocycles. The van der Waals surface area contributed by atoms with Gasteiger partial charge in [-0.1, -0.05) is 0 Å². The summed E-state index contributed by atoms with van der Waals surface area (Å²) in [7, 11) is 0. The van der Waals surface area contributed by atoms with Crippen molar-refractivity contribution in [3.05, 3.63) is 35.3 Å². The Morgan fingerprint density at radius 1 is 1.26 bits per heavy atom. The lowest BCUT2D eigenvalue weighted by Crippen LogP contribution is -2.36. The lowest BCUT2D eigenvalue weighted by molar-refractivity contribution is 0.201. The number of piperidine rings is 1. The maximum atomic E-state index is 13.4. The fourth-order valence-corrected chi connectivity index (χ4v) is 4.80. The molecule has 3 atom stereocenters. The number of fused-ring (bicyclic) bond motifs is 5. The van der Waals surface area contributed by atoms with Crippen molar-refractivity contribution in [3.8, 4) is 0 Å². The van der Waals surface area contributed by atoms with Crippen LogP contribution in [0.3, 0.4) is 0 Å². The van der Waals surface area contributed by atoms with E-state index in [9.17, 15) is 4.39 Å². The zero-order valence-corrected chi connectivity index (χ0v) is 10.8. The molecule has 19 heavy (non-hydrogen) atoms. The zero-order chi connectivity index (χ0) is 12.6. The highest BCUT2D eigenvalue weighted by molar-refractivity contribution is 5.85. The molecule has 2 bridgehead atoms. The van der Waals surface area contributed by atoms with Crippen LogP contribution in [0.4, 0.5) is 4.39 Å². The first-order chi connectivity index (χ1) is 9.29. The highest BCUT2D eigenvalue weighted by Crippen LogP contribution is 2.50. The van der Waals surface area contributed by atoms with Crippen LogP contribution < -0.4 is 0 Å². The van der Waals surface area contributed by atoms with Gasteiger partial charge in [-0.15, -0.1) is 0 Å². The number of halogens is 1. The first-order valence-electron chi connectivity index (χ1n) is 7.33. The average Bonchev–Trinajstić information content (AvgIpc) is 3.05. The molecule has 1 saturated carbocycles. The second-order valence-electron chi connectivity index (χ2n) is 6.46. The standard InChI is InChI=1S/C16H17FN2/c17-10-1-2-11-12-3-4-19-8-9-5-13(15(19)6-9)16(12)18-14(11)7-10/h1-2,7,9,13,15,18H,3-6,8H2/t9-,13+,15-/m0/s1. The van der Waals surface area contributed by atoms with E-state index in [0.29, 0.717) is 5.92 Å². The van der Waals surface area contributed by atoms with Gasteiger partial charge in [0.15, 0.2) is 0 Å². The molecule has 0 spiro atoms. The highest BCUT2D eigenvalue weighted by atomic mass is 19.1. The molecule has 0 unspecified atom stereocenters. The predicted molar refractivity (Wildman–Crippen MR) is 72.8 cm³/mol. The Hall–Kier alpha value is -1.35. The second-order valence-corrected chi connectivity index (χ2v) is 6.46. The third-order valence-corrected chi connectivity index (χ3v) is 5.51. The molecular weight excluding hydrogens is 239 g/mol. The number of aromatic nitrogens is 1. The molecule has 3 heterocycles. The number of H-pyrrole nitrogens is 1. The van der Waals surface area contributed by atoms with Crippen molar-refractivity contribution in [1.82, 2.24) is 9.88 Å². The largest absolute Gasteiger partial charge is 0.358 e. The van der Waals surface area contributed by atoms with E-state index in [1.165, 1.54) is 42.6 Å². The summed E-state index contributed by atoms with van der Waals surface area (Å²) in [6, 6.07) is 5.93. The van der Waals surface area contributed by atoms with Gasteiger partial charge >= 0.3 is 0 Å². The van der Waals surface area contributed by atoms with Crippen molar-refractivity contribution < 1.29 is 4.39 Å². The van der Waals surface area contributed by atoms with E-state index in [0.717, 1.165) is 23.9 Å². The first-order valence-corrected chi connectivity index (χ1v) is 7.33. The fraction of sp³-hybridized carbons (Fsp3) is 0.500. The zero-order valence-electron chi connectivity index (χ0n) is 10.8. The van der Waals surface area contributed by atoms with Crippen molar-refractivity contribution in [2.75, 3.05) is 13.1 Å². The third kappa shape index (κ3) is 1.29. The maximum Gasteiger partial charge on any atom is 0.125 e. The molecule has 2 aromatic rings. The van der Waals surface area contributed by atoms with Crippen LogP contribution in [0.15, 0.2) is 18.2 Å². The van der Waals surface area contributed by atoms with Gasteiger partial charge in [0, 0.05) is 41.6 Å². The quantitative estimate of drug-likeness (QED) is 0.767. The van der Waals surface area contributed by atoms with Gasteiger partial charge in [0.05, 0.1) is 0 Å². The van der Waals surface area contributed by atoms with Crippen molar-refractivity contribution in [2.45, 2.75) is 31.2 Å². The Bertz CT molecular complexity index is 675. The smallest absolute Gasteiger partial charge is 0.125 e. The molecule has 2 fully saturated rings. The molecule has 3 aliphatic rings. The van der Waals surface area contributed by atoms with Crippen LogP contribution in [-0.4, -0.2) is 29.0 Å². The van der Waals surface area contributed by atoms with E-state index in [1.54, 1.807) is 12.1 Å². The average molecular weight is 256 g/mol. The summed E-state index contributed by atoms with van der Waals surface area (Å²) in [5.41, 5.74) is 3.85. The van der Waals surface area contributed by atoms with Gasteiger partial charge in [-0.2, -0.15) is 0 Å². The van der Waals surface area contributed by atoms with Crippen LogP contribution in [0, 0.1) is 11.7 Å². The van der Waals surface area contributed by atoms with Crippen molar-refractivity contribution in [1.29, 1.82) is 0 Å². The van der Waals surface area contributed by atoms with Gasteiger partial charge in [-0.25, -0.2) is 4.39 Å². The van der Waals surface area contributed by atoms with Gasteiger partial charge in [0.1, 0.15) is 5.82 Å². The van der Waals surface area contributed by atoms with E-state index >= 15 is 0 Å². The molecule has 0 amide bonds. The third-order valence-electron chi connectivity index (χ3n) is 5.51. The molecule has 1 saturated heterocycles. The summed E-state index contributed by atoms with van der Waals surface area (Å²) in [5.74, 6) is 1.41. The summed E-state index contributed by atoms with van der Waals surface area (Å²) in [6.45, 7) is 2.48. The Morgan fingerprint density at radius 2 is 2.21 bits per heavy atom. The summed E-state index contributed by atoms with van der Waals surface area (Å²) >= 11 is 0. The van der Waals surface area contributed by atoms with Crippen LogP contribution in [-0.2, 0) is 6.42 Å². The first kappa shape index (κ1) is 10.4. The molecule has 98 valence electrons. The predicted octanol–water partition coefficient (Wildman–Crippen LogP) is 3.04. The van der Waals surface area contributed by atoms with E-state index < -0.39 is 0 Å². The van der Waals surface area contributed by atoms with Crippen molar-refractivity contribution >= 4 is 10.9 Å². The van der Waals surface area contributed by atoms with Crippen molar-refractivity contribution in [2.24, 2.45) is 5.92 Å². The summed E-state index contributed by atoms with van der Waals surface area (Å²) in [5, 5.41) is 1.24. The number of aromatic amines is 1. The molecule has 1 aromatic carbocycles. The minimum absolute atomic E-state index is 0.140. The van der Waals surface area contributed by atoms with Crippen LogP contribution in [0.5, 0.6) is 0 Å². The molecule has 1 aromatic heterocycles. The van der Waals surface area contributed by atoms with Gasteiger partial charge in [0.2, 0.25) is 0 Å². The van der Waals surface area contributed by atoms with Crippen LogP contribution in [0.1, 0.15) is 30.0 Å². The molecular formula is C16H17FN2. The van der Waals surface area contributed by atoms with Gasteiger partial charge in [0.25, 0.3) is 0 Å². The summed E-state index contributed by atoms with van der Waals surface area (Å²) < 4.78 is 13.4. The molecule has 2 aliphatic heterocycles. The topological polar surface area (TPSA) is 19.0 Å². The molecule has 2 nitrogen and oxygen atoms in total. The Morgan fingerprint density at radius 3 is 3.11 bits per heavy atom. The van der Waals surface area contributed by atoms with Gasteiger partial charge < -0.3 is 4.98 Å². The van der Waals surface area contributed by atoms with E-state index in [2.05, 4.69) is 9.88 Å². The maximum absolute atomic E-state index is 13.4. The van der Waals surface area contributed by atoms with Crippen LogP contribution in [0.25, 0.3) is 10.9 Å². The highest BCUT2D eigenvalue weighted by Gasteiger charge is 2.47. The minimum atomic E-state index is -0.140. The fourth-order valence-electron chi connectivity index (χ4n) is 4.80. The monoisotopic (exact) mass is 256 g/mol.